The van der Waals surface area contributed by atoms with E-state index in [0.717, 1.165) is 9.35 Å². The molecular weight excluding hydrogens is 326 g/mol. The van der Waals surface area contributed by atoms with Crippen molar-refractivity contribution >= 4 is 33.2 Å². The third-order valence-corrected chi connectivity index (χ3v) is 4.15. The lowest BCUT2D eigenvalue weighted by Crippen LogP contribution is -2.26. The Bertz CT molecular complexity index is 647. The number of rotatable bonds is 3. The van der Waals surface area contributed by atoms with Crippen molar-refractivity contribution in [3.63, 3.8) is 0 Å². The van der Waals surface area contributed by atoms with Gasteiger partial charge < -0.3 is 4.90 Å². The zero-order chi connectivity index (χ0) is 13.8. The highest BCUT2D eigenvalue weighted by Crippen LogP contribution is 2.21. The minimum atomic E-state index is -0.193. The summed E-state index contributed by atoms with van der Waals surface area (Å²) in [5.41, 5.74) is 0.725. The third kappa shape index (κ3) is 3.40. The molecule has 6 heteroatoms. The van der Waals surface area contributed by atoms with Gasteiger partial charge in [-0.05, 0) is 34.1 Å². The van der Waals surface area contributed by atoms with Crippen LogP contribution in [0.2, 0.25) is 0 Å². The van der Waals surface area contributed by atoms with Crippen molar-refractivity contribution in [3.8, 4) is 6.07 Å². The lowest BCUT2D eigenvalue weighted by molar-refractivity contribution is 0.0780. The molecule has 0 aliphatic carbocycles. The number of hydrogen-bond donors (Lipinski definition) is 0. The second-order valence-corrected chi connectivity index (χ2v) is 5.85. The number of carbonyl (C=O) groups excluding carboxylic acids is 1. The average Bonchev–Trinajstić information content (AvgIpc) is 2.83. The Hall–Kier alpha value is -1.71. The summed E-state index contributed by atoms with van der Waals surface area (Å²) in [6, 6.07) is 7.06. The van der Waals surface area contributed by atoms with Gasteiger partial charge in [0.2, 0.25) is 0 Å². The fourth-order valence-corrected chi connectivity index (χ4v) is 3.06. The predicted octanol–water partition coefficient (Wildman–Crippen LogP) is 3.05. The van der Waals surface area contributed by atoms with Crippen LogP contribution in [-0.2, 0) is 6.54 Å². The Morgan fingerprint density at radius 1 is 1.58 bits per heavy atom. The second kappa shape index (κ2) is 5.95. The topological polar surface area (TPSA) is 57.0 Å². The average molecular weight is 336 g/mol. The molecule has 0 unspecified atom stereocenters. The highest BCUT2D eigenvalue weighted by Gasteiger charge is 2.14. The number of aromatic nitrogens is 1. The largest absolute Gasteiger partial charge is 0.335 e. The number of amides is 1. The van der Waals surface area contributed by atoms with E-state index in [9.17, 15) is 4.79 Å². The minimum absolute atomic E-state index is 0.193. The molecule has 0 saturated carbocycles. The smallest absolute Gasteiger partial charge is 0.272 e. The SMILES string of the molecule is CN(Cc1cc(Br)cs1)C(=O)c1cc(C#N)ccn1. The summed E-state index contributed by atoms with van der Waals surface area (Å²) in [4.78, 5) is 18.8. The number of thiophene rings is 1. The molecule has 0 atom stereocenters. The molecule has 2 aromatic heterocycles. The first-order chi connectivity index (χ1) is 9.10. The molecule has 1 amide bonds. The summed E-state index contributed by atoms with van der Waals surface area (Å²) in [6.45, 7) is 0.521. The van der Waals surface area contributed by atoms with E-state index in [1.54, 1.807) is 29.4 Å². The van der Waals surface area contributed by atoms with E-state index in [0.29, 0.717) is 12.1 Å². The summed E-state index contributed by atoms with van der Waals surface area (Å²) in [5.74, 6) is -0.193. The maximum atomic E-state index is 12.2. The number of pyridine rings is 1. The zero-order valence-corrected chi connectivity index (χ0v) is 12.5. The summed E-state index contributed by atoms with van der Waals surface area (Å²) in [7, 11) is 1.72. The highest BCUT2D eigenvalue weighted by molar-refractivity contribution is 9.10. The highest BCUT2D eigenvalue weighted by atomic mass is 79.9. The first-order valence-electron chi connectivity index (χ1n) is 5.44. The van der Waals surface area contributed by atoms with Crippen LogP contribution < -0.4 is 0 Å². The van der Waals surface area contributed by atoms with Crippen LogP contribution in [0.4, 0.5) is 0 Å². The first-order valence-corrected chi connectivity index (χ1v) is 7.12. The van der Waals surface area contributed by atoms with Crippen molar-refractivity contribution in [1.82, 2.24) is 9.88 Å². The van der Waals surface area contributed by atoms with Crippen molar-refractivity contribution in [2.45, 2.75) is 6.54 Å². The molecule has 0 N–H and O–H groups in total. The molecule has 4 nitrogen and oxygen atoms in total. The summed E-state index contributed by atoms with van der Waals surface area (Å²) in [6.07, 6.45) is 1.47. The van der Waals surface area contributed by atoms with Gasteiger partial charge in [-0.2, -0.15) is 5.26 Å². The predicted molar refractivity (Wildman–Crippen MR) is 76.8 cm³/mol. The van der Waals surface area contributed by atoms with Gasteiger partial charge in [0.15, 0.2) is 0 Å². The van der Waals surface area contributed by atoms with Crippen LogP contribution in [0.5, 0.6) is 0 Å². The molecule has 0 aliphatic rings. The Morgan fingerprint density at radius 3 is 3.00 bits per heavy atom. The molecule has 0 saturated heterocycles. The van der Waals surface area contributed by atoms with Gasteiger partial charge in [0.05, 0.1) is 18.2 Å². The Kier molecular flexibility index (Phi) is 4.30. The van der Waals surface area contributed by atoms with E-state index in [1.807, 2.05) is 17.5 Å². The molecule has 19 heavy (non-hydrogen) atoms. The zero-order valence-electron chi connectivity index (χ0n) is 10.1. The molecule has 0 bridgehead atoms. The van der Waals surface area contributed by atoms with E-state index < -0.39 is 0 Å². The van der Waals surface area contributed by atoms with Crippen LogP contribution >= 0.6 is 27.3 Å². The second-order valence-electron chi connectivity index (χ2n) is 3.93. The van der Waals surface area contributed by atoms with Gasteiger partial charge in [-0.15, -0.1) is 11.3 Å². The van der Waals surface area contributed by atoms with Crippen molar-refractivity contribution in [2.75, 3.05) is 7.05 Å². The van der Waals surface area contributed by atoms with E-state index in [-0.39, 0.29) is 11.6 Å². The Morgan fingerprint density at radius 2 is 2.37 bits per heavy atom. The quantitative estimate of drug-likeness (QED) is 0.866. The summed E-state index contributed by atoms with van der Waals surface area (Å²) >= 11 is 4.97. The van der Waals surface area contributed by atoms with Crippen LogP contribution in [-0.4, -0.2) is 22.8 Å². The maximum absolute atomic E-state index is 12.2. The van der Waals surface area contributed by atoms with Crippen LogP contribution in [0.15, 0.2) is 34.2 Å². The van der Waals surface area contributed by atoms with Gasteiger partial charge in [-0.3, -0.25) is 9.78 Å². The number of hydrogen-bond acceptors (Lipinski definition) is 4. The third-order valence-electron chi connectivity index (χ3n) is 2.47. The van der Waals surface area contributed by atoms with Crippen molar-refractivity contribution in [2.24, 2.45) is 0 Å². The minimum Gasteiger partial charge on any atom is -0.335 e. The molecule has 96 valence electrons. The first kappa shape index (κ1) is 13.7. The van der Waals surface area contributed by atoms with Crippen LogP contribution in [0.1, 0.15) is 20.9 Å². The van der Waals surface area contributed by atoms with Gasteiger partial charge in [0.1, 0.15) is 5.69 Å². The van der Waals surface area contributed by atoms with Gasteiger partial charge in [0, 0.05) is 28.0 Å². The maximum Gasteiger partial charge on any atom is 0.272 e. The monoisotopic (exact) mass is 335 g/mol. The van der Waals surface area contributed by atoms with Crippen molar-refractivity contribution in [3.05, 3.63) is 50.4 Å². The fraction of sp³-hybridized carbons (Fsp3) is 0.154. The molecule has 2 rings (SSSR count). The Labute approximate surface area is 123 Å². The van der Waals surface area contributed by atoms with Crippen LogP contribution in [0, 0.1) is 11.3 Å². The van der Waals surface area contributed by atoms with Crippen LogP contribution in [0.25, 0.3) is 0 Å². The standard InChI is InChI=1S/C13H10BrN3OS/c1-17(7-11-5-10(14)8-19-11)13(18)12-4-9(6-15)2-3-16-12/h2-5,8H,7H2,1H3. The lowest BCUT2D eigenvalue weighted by atomic mass is 10.2. The van der Waals surface area contributed by atoms with E-state index >= 15 is 0 Å². The van der Waals surface area contributed by atoms with Gasteiger partial charge >= 0.3 is 0 Å². The Balaban J connectivity index is 2.12. The van der Waals surface area contributed by atoms with Gasteiger partial charge in [0.25, 0.3) is 5.91 Å². The molecule has 2 heterocycles. The number of nitrogens with zero attached hydrogens (tertiary/aromatic N) is 3. The van der Waals surface area contributed by atoms with Gasteiger partial charge in [-0.1, -0.05) is 0 Å². The summed E-state index contributed by atoms with van der Waals surface area (Å²) < 4.78 is 1.01. The normalized spacial score (nSPS) is 9.95. The molecule has 0 aromatic carbocycles. The van der Waals surface area contributed by atoms with Crippen molar-refractivity contribution in [1.29, 1.82) is 5.26 Å². The van der Waals surface area contributed by atoms with Crippen LogP contribution in [0.3, 0.4) is 0 Å². The molecule has 2 aromatic rings. The van der Waals surface area contributed by atoms with E-state index in [1.165, 1.54) is 12.3 Å². The summed E-state index contributed by atoms with van der Waals surface area (Å²) in [5, 5.41) is 10.8. The van der Waals surface area contributed by atoms with E-state index in [4.69, 9.17) is 5.26 Å². The van der Waals surface area contributed by atoms with Crippen molar-refractivity contribution < 1.29 is 4.79 Å². The number of carbonyl (C=O) groups is 1. The number of nitriles is 1. The molecule has 0 fully saturated rings. The molecule has 0 spiro atoms. The van der Waals surface area contributed by atoms with E-state index in [2.05, 4.69) is 20.9 Å². The van der Waals surface area contributed by atoms with Gasteiger partial charge in [-0.25, -0.2) is 0 Å². The molecule has 0 aliphatic heterocycles. The number of halogens is 1. The molecular formula is C13H10BrN3OS. The molecule has 0 radical (unpaired) electrons. The lowest BCUT2D eigenvalue weighted by Gasteiger charge is -2.15. The fourth-order valence-electron chi connectivity index (χ4n) is 1.55.